The van der Waals surface area contributed by atoms with Gasteiger partial charge in [-0.1, -0.05) is 26.8 Å². The number of carbonyl (C=O) groups excluding carboxylic acids is 1. The number of halogens is 1. The van der Waals surface area contributed by atoms with Gasteiger partial charge in [-0.05, 0) is 41.6 Å². The first-order valence-corrected chi connectivity index (χ1v) is 8.55. The van der Waals surface area contributed by atoms with Gasteiger partial charge in [0.15, 0.2) is 0 Å². The van der Waals surface area contributed by atoms with Crippen LogP contribution in [-0.4, -0.2) is 41.6 Å². The molecule has 1 aromatic carbocycles. The third-order valence-electron chi connectivity index (χ3n) is 3.55. The molecular formula is C18H24ClN5O2. The number of nitrogens with zero attached hydrogens (tertiary/aromatic N) is 4. The number of aromatic nitrogens is 3. The minimum absolute atomic E-state index is 0.0763. The van der Waals surface area contributed by atoms with Crippen LogP contribution in [0.1, 0.15) is 36.7 Å². The molecule has 0 amide bonds. The Morgan fingerprint density at radius 3 is 2.58 bits per heavy atom. The SMILES string of the molecule is COC(=O)c1ccc(C)c(Nc2nc(Cl)nc(N(C)CC(C)(C)C)n2)c1. The molecule has 1 aromatic heterocycles. The van der Waals surface area contributed by atoms with Crippen LogP contribution in [0.15, 0.2) is 18.2 Å². The fourth-order valence-electron chi connectivity index (χ4n) is 2.47. The molecule has 26 heavy (non-hydrogen) atoms. The van der Waals surface area contributed by atoms with Crippen LogP contribution in [0, 0.1) is 12.3 Å². The number of hydrogen-bond donors (Lipinski definition) is 1. The second-order valence-corrected chi connectivity index (χ2v) is 7.63. The fourth-order valence-corrected chi connectivity index (χ4v) is 2.63. The van der Waals surface area contributed by atoms with Crippen molar-refractivity contribution in [2.24, 2.45) is 5.41 Å². The van der Waals surface area contributed by atoms with E-state index in [1.54, 1.807) is 12.1 Å². The Balaban J connectivity index is 2.31. The van der Waals surface area contributed by atoms with Gasteiger partial charge in [0.1, 0.15) is 0 Å². The standard InChI is InChI=1S/C18H24ClN5O2/c1-11-7-8-12(14(25)26-6)9-13(11)20-16-21-15(19)22-17(23-16)24(5)10-18(2,3)4/h7-9H,10H2,1-6H3,(H,20,21,22,23). The summed E-state index contributed by atoms with van der Waals surface area (Å²) in [5, 5.41) is 3.21. The third-order valence-corrected chi connectivity index (χ3v) is 3.72. The lowest BCUT2D eigenvalue weighted by atomic mass is 9.96. The van der Waals surface area contributed by atoms with Gasteiger partial charge >= 0.3 is 5.97 Å². The Kier molecular flexibility index (Phi) is 6.02. The molecule has 0 saturated carbocycles. The Bertz CT molecular complexity index is 805. The minimum Gasteiger partial charge on any atom is -0.465 e. The fraction of sp³-hybridized carbons (Fsp3) is 0.444. The molecule has 7 nitrogen and oxygen atoms in total. The number of aryl methyl sites for hydroxylation is 1. The van der Waals surface area contributed by atoms with Gasteiger partial charge in [-0.25, -0.2) is 4.79 Å². The highest BCUT2D eigenvalue weighted by atomic mass is 35.5. The van der Waals surface area contributed by atoms with E-state index in [4.69, 9.17) is 16.3 Å². The van der Waals surface area contributed by atoms with E-state index in [9.17, 15) is 4.79 Å². The molecule has 0 radical (unpaired) electrons. The second-order valence-electron chi connectivity index (χ2n) is 7.29. The third kappa shape index (κ3) is 5.29. The number of carbonyl (C=O) groups is 1. The highest BCUT2D eigenvalue weighted by Crippen LogP contribution is 2.23. The van der Waals surface area contributed by atoms with Crippen LogP contribution < -0.4 is 10.2 Å². The summed E-state index contributed by atoms with van der Waals surface area (Å²) in [6, 6.07) is 5.22. The highest BCUT2D eigenvalue weighted by molar-refractivity contribution is 6.28. The van der Waals surface area contributed by atoms with Crippen molar-refractivity contribution in [3.8, 4) is 0 Å². The smallest absolute Gasteiger partial charge is 0.337 e. The van der Waals surface area contributed by atoms with E-state index < -0.39 is 5.97 Å². The van der Waals surface area contributed by atoms with E-state index in [0.717, 1.165) is 12.1 Å². The van der Waals surface area contributed by atoms with Gasteiger partial charge < -0.3 is 15.0 Å². The molecule has 0 spiro atoms. The van der Waals surface area contributed by atoms with Crippen molar-refractivity contribution in [1.29, 1.82) is 0 Å². The summed E-state index contributed by atoms with van der Waals surface area (Å²) >= 11 is 6.07. The molecule has 2 rings (SSSR count). The summed E-state index contributed by atoms with van der Waals surface area (Å²) in [5.74, 6) is 0.377. The maximum Gasteiger partial charge on any atom is 0.337 e. The van der Waals surface area contributed by atoms with Gasteiger partial charge in [0, 0.05) is 19.3 Å². The molecule has 0 aliphatic heterocycles. The number of rotatable bonds is 5. The average Bonchev–Trinajstić information content (AvgIpc) is 2.54. The number of anilines is 3. The van der Waals surface area contributed by atoms with Crippen molar-refractivity contribution >= 4 is 35.2 Å². The lowest BCUT2D eigenvalue weighted by Crippen LogP contribution is -2.30. The topological polar surface area (TPSA) is 80.2 Å². The summed E-state index contributed by atoms with van der Waals surface area (Å²) in [7, 11) is 3.25. The van der Waals surface area contributed by atoms with E-state index in [2.05, 4.69) is 41.0 Å². The number of esters is 1. The maximum atomic E-state index is 11.7. The van der Waals surface area contributed by atoms with Gasteiger partial charge in [0.25, 0.3) is 0 Å². The first-order chi connectivity index (χ1) is 12.1. The number of methoxy groups -OCH3 is 1. The Morgan fingerprint density at radius 2 is 1.96 bits per heavy atom. The van der Waals surface area contributed by atoms with Crippen LogP contribution >= 0.6 is 11.6 Å². The van der Waals surface area contributed by atoms with Crippen molar-refractivity contribution in [3.05, 3.63) is 34.6 Å². The summed E-state index contributed by atoms with van der Waals surface area (Å²) in [5.41, 5.74) is 2.14. The molecule has 2 aromatic rings. The van der Waals surface area contributed by atoms with Crippen LogP contribution in [0.25, 0.3) is 0 Å². The zero-order valence-electron chi connectivity index (χ0n) is 15.9. The van der Waals surface area contributed by atoms with E-state index in [0.29, 0.717) is 23.1 Å². The number of hydrogen-bond acceptors (Lipinski definition) is 7. The monoisotopic (exact) mass is 377 g/mol. The molecule has 0 aliphatic rings. The van der Waals surface area contributed by atoms with Gasteiger partial charge in [-0.15, -0.1) is 0 Å². The predicted molar refractivity (Wildman–Crippen MR) is 103 cm³/mol. The van der Waals surface area contributed by atoms with E-state index in [-0.39, 0.29) is 10.7 Å². The maximum absolute atomic E-state index is 11.7. The Hall–Kier alpha value is -2.41. The summed E-state index contributed by atoms with van der Waals surface area (Å²) in [6.45, 7) is 9.07. The van der Waals surface area contributed by atoms with Crippen LogP contribution in [0.3, 0.4) is 0 Å². The van der Waals surface area contributed by atoms with Crippen molar-refractivity contribution < 1.29 is 9.53 Å². The molecule has 8 heteroatoms. The number of nitrogens with one attached hydrogen (secondary N) is 1. The van der Waals surface area contributed by atoms with Crippen molar-refractivity contribution in [1.82, 2.24) is 15.0 Å². The molecule has 1 heterocycles. The molecule has 0 fully saturated rings. The lowest BCUT2D eigenvalue weighted by Gasteiger charge is -2.26. The molecular weight excluding hydrogens is 354 g/mol. The molecule has 0 atom stereocenters. The molecule has 0 aliphatic carbocycles. The quantitative estimate of drug-likeness (QED) is 0.792. The first kappa shape index (κ1) is 19.9. The largest absolute Gasteiger partial charge is 0.465 e. The molecule has 0 bridgehead atoms. The Labute approximate surface area is 158 Å². The first-order valence-electron chi connectivity index (χ1n) is 8.18. The zero-order chi connectivity index (χ0) is 19.5. The molecule has 140 valence electrons. The molecule has 0 saturated heterocycles. The predicted octanol–water partition coefficient (Wildman–Crippen LogP) is 3.85. The van der Waals surface area contributed by atoms with Crippen LogP contribution in [0.4, 0.5) is 17.6 Å². The number of benzene rings is 1. The highest BCUT2D eigenvalue weighted by Gasteiger charge is 2.17. The van der Waals surface area contributed by atoms with Gasteiger partial charge in [0.2, 0.25) is 17.2 Å². The van der Waals surface area contributed by atoms with Crippen molar-refractivity contribution in [3.63, 3.8) is 0 Å². The van der Waals surface area contributed by atoms with E-state index in [1.165, 1.54) is 7.11 Å². The average molecular weight is 378 g/mol. The zero-order valence-corrected chi connectivity index (χ0v) is 16.7. The molecule has 1 N–H and O–H groups in total. The van der Waals surface area contributed by atoms with Gasteiger partial charge in [-0.3, -0.25) is 0 Å². The molecule has 0 unspecified atom stereocenters. The van der Waals surface area contributed by atoms with Crippen LogP contribution in [-0.2, 0) is 4.74 Å². The van der Waals surface area contributed by atoms with E-state index >= 15 is 0 Å². The van der Waals surface area contributed by atoms with Crippen molar-refractivity contribution in [2.75, 3.05) is 30.9 Å². The summed E-state index contributed by atoms with van der Waals surface area (Å²) in [4.78, 5) is 26.4. The summed E-state index contributed by atoms with van der Waals surface area (Å²) < 4.78 is 4.76. The van der Waals surface area contributed by atoms with Crippen LogP contribution in [0.2, 0.25) is 5.28 Å². The lowest BCUT2D eigenvalue weighted by molar-refractivity contribution is 0.0601. The van der Waals surface area contributed by atoms with Crippen molar-refractivity contribution in [2.45, 2.75) is 27.7 Å². The summed E-state index contributed by atoms with van der Waals surface area (Å²) in [6.07, 6.45) is 0. The normalized spacial score (nSPS) is 11.2. The minimum atomic E-state index is -0.410. The Morgan fingerprint density at radius 1 is 1.27 bits per heavy atom. The number of ether oxygens (including phenoxy) is 1. The van der Waals surface area contributed by atoms with Gasteiger partial charge in [0.05, 0.1) is 12.7 Å². The van der Waals surface area contributed by atoms with Crippen LogP contribution in [0.5, 0.6) is 0 Å². The van der Waals surface area contributed by atoms with Gasteiger partial charge in [-0.2, -0.15) is 15.0 Å². The van der Waals surface area contributed by atoms with E-state index in [1.807, 2.05) is 24.9 Å². The second kappa shape index (κ2) is 7.86.